The number of hydrogen-bond acceptors (Lipinski definition) is 2. The molecule has 0 saturated heterocycles. The van der Waals surface area contributed by atoms with E-state index in [0.717, 1.165) is 12.1 Å². The number of carbonyl (C=O) groups is 1. The Balaban J connectivity index is 2.29. The Morgan fingerprint density at radius 3 is 2.48 bits per heavy atom. The third-order valence-corrected chi connectivity index (χ3v) is 3.62. The second kappa shape index (κ2) is 6.11. The summed E-state index contributed by atoms with van der Waals surface area (Å²) >= 11 is 7.23. The number of thiol groups is 1. The number of nitrogens with one attached hydrogen (secondary N) is 1. The number of alkyl halides is 3. The van der Waals surface area contributed by atoms with Crippen LogP contribution in [0.1, 0.15) is 15.9 Å². The lowest BCUT2D eigenvalue weighted by atomic mass is 10.1. The molecule has 0 aliphatic rings. The molecule has 0 spiro atoms. The van der Waals surface area contributed by atoms with Crippen molar-refractivity contribution in [1.82, 2.24) is 0 Å². The molecule has 21 heavy (non-hydrogen) atoms. The van der Waals surface area contributed by atoms with E-state index in [1.54, 1.807) is 18.2 Å². The van der Waals surface area contributed by atoms with E-state index >= 15 is 0 Å². The van der Waals surface area contributed by atoms with Gasteiger partial charge in [-0.2, -0.15) is 13.2 Å². The van der Waals surface area contributed by atoms with Gasteiger partial charge in [-0.1, -0.05) is 6.07 Å². The fourth-order valence-electron chi connectivity index (χ4n) is 1.64. The first-order valence-electron chi connectivity index (χ1n) is 5.74. The van der Waals surface area contributed by atoms with Crippen LogP contribution in [0.25, 0.3) is 0 Å². The highest BCUT2D eigenvalue weighted by Gasteiger charge is 2.31. The van der Waals surface area contributed by atoms with Gasteiger partial charge >= 0.3 is 6.18 Å². The van der Waals surface area contributed by atoms with E-state index in [9.17, 15) is 18.0 Å². The van der Waals surface area contributed by atoms with Gasteiger partial charge in [0.15, 0.2) is 0 Å². The van der Waals surface area contributed by atoms with Crippen molar-refractivity contribution in [3.05, 3.63) is 58.1 Å². The predicted molar refractivity (Wildman–Crippen MR) is 80.8 cm³/mol. The summed E-state index contributed by atoms with van der Waals surface area (Å²) in [6.45, 7) is 0. The van der Waals surface area contributed by atoms with Crippen molar-refractivity contribution >= 4 is 40.2 Å². The van der Waals surface area contributed by atoms with Gasteiger partial charge in [0.05, 0.1) is 11.3 Å². The third-order valence-electron chi connectivity index (χ3n) is 2.65. The highest BCUT2D eigenvalue weighted by molar-refractivity contribution is 9.10. The highest BCUT2D eigenvalue weighted by Crippen LogP contribution is 2.34. The van der Waals surface area contributed by atoms with Crippen LogP contribution in [-0.2, 0) is 6.18 Å². The van der Waals surface area contributed by atoms with E-state index in [4.69, 9.17) is 0 Å². The van der Waals surface area contributed by atoms with Gasteiger partial charge in [0.1, 0.15) is 0 Å². The van der Waals surface area contributed by atoms with Gasteiger partial charge in [0, 0.05) is 14.9 Å². The number of anilines is 1. The van der Waals surface area contributed by atoms with Gasteiger partial charge in [-0.05, 0) is 52.3 Å². The zero-order chi connectivity index (χ0) is 15.6. The Hall–Kier alpha value is -1.47. The van der Waals surface area contributed by atoms with Crippen molar-refractivity contribution in [1.29, 1.82) is 0 Å². The molecule has 0 bridgehead atoms. The number of carbonyl (C=O) groups excluding carboxylic acids is 1. The summed E-state index contributed by atoms with van der Waals surface area (Å²) in [4.78, 5) is 12.6. The van der Waals surface area contributed by atoms with Gasteiger partial charge in [0.2, 0.25) is 0 Å². The maximum absolute atomic E-state index is 12.7. The summed E-state index contributed by atoms with van der Waals surface area (Å²) in [7, 11) is 0. The highest BCUT2D eigenvalue weighted by atomic mass is 79.9. The fraction of sp³-hybridized carbons (Fsp3) is 0.0714. The number of halogens is 4. The minimum absolute atomic E-state index is 0.0550. The Labute approximate surface area is 132 Å². The van der Waals surface area contributed by atoms with Gasteiger partial charge in [-0.3, -0.25) is 4.79 Å². The fourth-order valence-corrected chi connectivity index (χ4v) is 2.21. The third kappa shape index (κ3) is 4.01. The Kier molecular flexibility index (Phi) is 4.63. The van der Waals surface area contributed by atoms with Crippen molar-refractivity contribution in [3.63, 3.8) is 0 Å². The summed E-state index contributed by atoms with van der Waals surface area (Å²) in [5.41, 5.74) is -0.463. The topological polar surface area (TPSA) is 29.1 Å². The summed E-state index contributed by atoms with van der Waals surface area (Å²) in [5, 5.41) is 2.45. The normalized spacial score (nSPS) is 11.3. The molecule has 2 aromatic rings. The predicted octanol–water partition coefficient (Wildman–Crippen LogP) is 5.01. The standard InChI is InChI=1S/C14H9BrF3NOS/c15-11-5-4-9(14(16,17)18)7-12(11)19-13(20)8-2-1-3-10(21)6-8/h1-7,21H,(H,19,20). The van der Waals surface area contributed by atoms with Crippen LogP contribution in [0.3, 0.4) is 0 Å². The zero-order valence-corrected chi connectivity index (χ0v) is 12.9. The van der Waals surface area contributed by atoms with Crippen LogP contribution in [0.15, 0.2) is 51.8 Å². The molecule has 2 rings (SSSR count). The molecule has 2 nitrogen and oxygen atoms in total. The van der Waals surface area contributed by atoms with Crippen LogP contribution in [0.5, 0.6) is 0 Å². The monoisotopic (exact) mass is 375 g/mol. The van der Waals surface area contributed by atoms with Gasteiger partial charge < -0.3 is 5.32 Å². The first-order chi connectivity index (χ1) is 9.77. The van der Waals surface area contributed by atoms with Crippen molar-refractivity contribution in [3.8, 4) is 0 Å². The molecule has 1 N–H and O–H groups in total. The molecule has 2 aromatic carbocycles. The van der Waals surface area contributed by atoms with E-state index in [-0.39, 0.29) is 5.69 Å². The van der Waals surface area contributed by atoms with E-state index in [0.29, 0.717) is 14.9 Å². The lowest BCUT2D eigenvalue weighted by Crippen LogP contribution is -2.13. The van der Waals surface area contributed by atoms with Crippen molar-refractivity contribution in [2.75, 3.05) is 5.32 Å². The molecule has 0 aliphatic carbocycles. The molecular formula is C14H9BrF3NOS. The van der Waals surface area contributed by atoms with Crippen molar-refractivity contribution < 1.29 is 18.0 Å². The number of amides is 1. The lowest BCUT2D eigenvalue weighted by molar-refractivity contribution is -0.137. The first-order valence-corrected chi connectivity index (χ1v) is 6.98. The minimum Gasteiger partial charge on any atom is -0.321 e. The van der Waals surface area contributed by atoms with Crippen LogP contribution in [0.2, 0.25) is 0 Å². The molecule has 110 valence electrons. The maximum Gasteiger partial charge on any atom is 0.416 e. The van der Waals surface area contributed by atoms with Crippen LogP contribution >= 0.6 is 28.6 Å². The molecular weight excluding hydrogens is 367 g/mol. The Morgan fingerprint density at radius 1 is 1.14 bits per heavy atom. The quantitative estimate of drug-likeness (QED) is 0.709. The molecule has 0 unspecified atom stereocenters. The average molecular weight is 376 g/mol. The lowest BCUT2D eigenvalue weighted by Gasteiger charge is -2.12. The molecule has 0 radical (unpaired) electrons. The van der Waals surface area contributed by atoms with Crippen molar-refractivity contribution in [2.24, 2.45) is 0 Å². The number of benzene rings is 2. The SMILES string of the molecule is O=C(Nc1cc(C(F)(F)F)ccc1Br)c1cccc(S)c1. The van der Waals surface area contributed by atoms with Crippen LogP contribution < -0.4 is 5.32 Å². The first kappa shape index (κ1) is 15.9. The molecule has 0 heterocycles. The van der Waals surface area contributed by atoms with E-state index in [2.05, 4.69) is 33.9 Å². The molecule has 0 aliphatic heterocycles. The Bertz CT molecular complexity index is 688. The second-order valence-corrected chi connectivity index (χ2v) is 5.57. The molecule has 0 fully saturated rings. The van der Waals surface area contributed by atoms with E-state index in [1.807, 2.05) is 0 Å². The summed E-state index contributed by atoms with van der Waals surface area (Å²) in [6, 6.07) is 9.48. The minimum atomic E-state index is -4.47. The molecule has 0 saturated carbocycles. The Morgan fingerprint density at radius 2 is 1.86 bits per heavy atom. The van der Waals surface area contributed by atoms with Crippen LogP contribution in [0, 0.1) is 0 Å². The van der Waals surface area contributed by atoms with Crippen molar-refractivity contribution in [2.45, 2.75) is 11.1 Å². The number of hydrogen-bond donors (Lipinski definition) is 2. The van der Waals surface area contributed by atoms with Gasteiger partial charge in [0.25, 0.3) is 5.91 Å². The molecule has 0 atom stereocenters. The van der Waals surface area contributed by atoms with Gasteiger partial charge in [-0.15, -0.1) is 12.6 Å². The average Bonchev–Trinajstić information content (AvgIpc) is 2.40. The zero-order valence-electron chi connectivity index (χ0n) is 10.4. The van der Waals surface area contributed by atoms with E-state index < -0.39 is 17.6 Å². The van der Waals surface area contributed by atoms with Crippen LogP contribution in [0.4, 0.5) is 18.9 Å². The van der Waals surface area contributed by atoms with Crippen LogP contribution in [-0.4, -0.2) is 5.91 Å². The molecule has 1 amide bonds. The maximum atomic E-state index is 12.7. The molecule has 7 heteroatoms. The van der Waals surface area contributed by atoms with Gasteiger partial charge in [-0.25, -0.2) is 0 Å². The summed E-state index contributed by atoms with van der Waals surface area (Å²) in [6.07, 6.45) is -4.47. The number of rotatable bonds is 2. The van der Waals surface area contributed by atoms with E-state index in [1.165, 1.54) is 12.1 Å². The second-order valence-electron chi connectivity index (χ2n) is 4.20. The summed E-state index contributed by atoms with van der Waals surface area (Å²) < 4.78 is 38.4. The largest absolute Gasteiger partial charge is 0.416 e. The molecule has 0 aromatic heterocycles. The summed E-state index contributed by atoms with van der Waals surface area (Å²) in [5.74, 6) is -0.508. The smallest absolute Gasteiger partial charge is 0.321 e.